The number of benzene rings is 1. The van der Waals surface area contributed by atoms with E-state index >= 15 is 0 Å². The van der Waals surface area contributed by atoms with Crippen molar-refractivity contribution in [1.82, 2.24) is 5.43 Å². The molecule has 1 heterocycles. The van der Waals surface area contributed by atoms with E-state index < -0.39 is 0 Å². The number of fused-ring (bicyclic) bond motifs is 1. The van der Waals surface area contributed by atoms with Crippen LogP contribution in [0.3, 0.4) is 0 Å². The molecule has 98 valence electrons. The van der Waals surface area contributed by atoms with Gasteiger partial charge in [-0.05, 0) is 30.4 Å². The summed E-state index contributed by atoms with van der Waals surface area (Å²) in [7, 11) is 0. The summed E-state index contributed by atoms with van der Waals surface area (Å²) in [5, 5.41) is 0. The van der Waals surface area contributed by atoms with Crippen molar-refractivity contribution < 1.29 is 4.74 Å². The van der Waals surface area contributed by atoms with Crippen LogP contribution in [-0.4, -0.2) is 12.1 Å². The Morgan fingerprint density at radius 1 is 1.17 bits per heavy atom. The van der Waals surface area contributed by atoms with Gasteiger partial charge < -0.3 is 4.74 Å². The minimum Gasteiger partial charge on any atom is -0.488 e. The molecule has 1 aliphatic carbocycles. The lowest BCUT2D eigenvalue weighted by atomic mass is 9.81. The zero-order chi connectivity index (χ0) is 12.4. The number of hydrogen-bond donors (Lipinski definition) is 2. The first kappa shape index (κ1) is 12.0. The van der Waals surface area contributed by atoms with Crippen LogP contribution in [0, 0.1) is 5.92 Å². The average molecular weight is 246 g/mol. The van der Waals surface area contributed by atoms with Crippen molar-refractivity contribution >= 4 is 0 Å². The Balaban J connectivity index is 1.71. The Morgan fingerprint density at radius 2 is 1.94 bits per heavy atom. The summed E-state index contributed by atoms with van der Waals surface area (Å²) in [5.74, 6) is 7.50. The summed E-state index contributed by atoms with van der Waals surface area (Å²) >= 11 is 0. The molecule has 3 N–H and O–H groups in total. The van der Waals surface area contributed by atoms with Crippen LogP contribution in [0.1, 0.15) is 37.7 Å². The fourth-order valence-corrected chi connectivity index (χ4v) is 3.45. The Morgan fingerprint density at radius 3 is 2.67 bits per heavy atom. The molecule has 0 saturated heterocycles. The summed E-state index contributed by atoms with van der Waals surface area (Å²) in [6, 6.07) is 8.62. The molecule has 2 aliphatic rings. The first-order valence-corrected chi connectivity index (χ1v) is 7.09. The number of ether oxygens (including phenoxy) is 1. The largest absolute Gasteiger partial charge is 0.488 e. The van der Waals surface area contributed by atoms with Crippen molar-refractivity contribution in [2.24, 2.45) is 11.8 Å². The minimum atomic E-state index is 0.204. The van der Waals surface area contributed by atoms with Gasteiger partial charge in [-0.3, -0.25) is 11.3 Å². The van der Waals surface area contributed by atoms with Crippen LogP contribution in [0.15, 0.2) is 24.3 Å². The van der Waals surface area contributed by atoms with Crippen LogP contribution in [0.25, 0.3) is 0 Å². The molecule has 0 bridgehead atoms. The predicted molar refractivity (Wildman–Crippen MR) is 72.2 cm³/mol. The maximum Gasteiger partial charge on any atom is 0.123 e. The van der Waals surface area contributed by atoms with Crippen LogP contribution >= 0.6 is 0 Å². The second-order valence-electron chi connectivity index (χ2n) is 5.56. The Hall–Kier alpha value is -1.06. The van der Waals surface area contributed by atoms with Gasteiger partial charge in [0, 0.05) is 6.42 Å². The second kappa shape index (κ2) is 5.29. The molecule has 1 aromatic carbocycles. The SMILES string of the molecule is NNC(C1CCCCC1)C1Cc2ccccc2O1. The Labute approximate surface area is 109 Å². The van der Waals surface area contributed by atoms with Crippen LogP contribution in [0.2, 0.25) is 0 Å². The van der Waals surface area contributed by atoms with Gasteiger partial charge in [-0.25, -0.2) is 0 Å². The zero-order valence-corrected chi connectivity index (χ0v) is 10.8. The lowest BCUT2D eigenvalue weighted by molar-refractivity contribution is 0.122. The van der Waals surface area contributed by atoms with E-state index in [-0.39, 0.29) is 12.1 Å². The molecule has 1 aliphatic heterocycles. The standard InChI is InChI=1S/C15H22N2O/c16-17-15(11-6-2-1-3-7-11)14-10-12-8-4-5-9-13(12)18-14/h4-5,8-9,11,14-15,17H,1-3,6-7,10,16H2. The van der Waals surface area contributed by atoms with Crippen molar-refractivity contribution in [2.45, 2.75) is 50.7 Å². The maximum atomic E-state index is 6.07. The molecular weight excluding hydrogens is 224 g/mol. The van der Waals surface area contributed by atoms with Crippen molar-refractivity contribution in [3.63, 3.8) is 0 Å². The van der Waals surface area contributed by atoms with E-state index in [9.17, 15) is 0 Å². The third-order valence-corrected chi connectivity index (χ3v) is 4.42. The van der Waals surface area contributed by atoms with Crippen LogP contribution < -0.4 is 16.0 Å². The van der Waals surface area contributed by atoms with Crippen molar-refractivity contribution in [1.29, 1.82) is 0 Å². The number of hydrogen-bond acceptors (Lipinski definition) is 3. The topological polar surface area (TPSA) is 47.3 Å². The van der Waals surface area contributed by atoms with Gasteiger partial charge >= 0.3 is 0 Å². The molecule has 3 nitrogen and oxygen atoms in total. The third kappa shape index (κ3) is 2.25. The molecule has 2 atom stereocenters. The minimum absolute atomic E-state index is 0.204. The smallest absolute Gasteiger partial charge is 0.123 e. The first-order chi connectivity index (χ1) is 8.88. The maximum absolute atomic E-state index is 6.07. The van der Waals surface area contributed by atoms with Gasteiger partial charge in [-0.2, -0.15) is 0 Å². The van der Waals surface area contributed by atoms with Crippen LogP contribution in [0.5, 0.6) is 5.75 Å². The fourth-order valence-electron chi connectivity index (χ4n) is 3.45. The lowest BCUT2D eigenvalue weighted by Gasteiger charge is -2.33. The highest BCUT2D eigenvalue weighted by Gasteiger charge is 2.35. The molecule has 0 aromatic heterocycles. The summed E-state index contributed by atoms with van der Waals surface area (Å²) in [5.41, 5.74) is 4.34. The molecule has 18 heavy (non-hydrogen) atoms. The molecule has 1 saturated carbocycles. The molecular formula is C15H22N2O. The second-order valence-corrected chi connectivity index (χ2v) is 5.56. The number of para-hydroxylation sites is 1. The Bertz CT molecular complexity index is 376. The number of rotatable bonds is 3. The molecule has 0 radical (unpaired) electrons. The summed E-state index contributed by atoms with van der Waals surface area (Å²) in [4.78, 5) is 0. The van der Waals surface area contributed by atoms with Gasteiger partial charge in [0.1, 0.15) is 11.9 Å². The molecule has 2 unspecified atom stereocenters. The van der Waals surface area contributed by atoms with E-state index in [1.807, 2.05) is 6.07 Å². The quantitative estimate of drug-likeness (QED) is 0.636. The fraction of sp³-hybridized carbons (Fsp3) is 0.600. The van der Waals surface area contributed by atoms with E-state index in [4.69, 9.17) is 10.6 Å². The van der Waals surface area contributed by atoms with E-state index in [0.717, 1.165) is 12.2 Å². The third-order valence-electron chi connectivity index (χ3n) is 4.42. The Kier molecular flexibility index (Phi) is 3.52. The number of nitrogens with two attached hydrogens (primary N) is 1. The lowest BCUT2D eigenvalue weighted by Crippen LogP contribution is -2.51. The molecule has 1 fully saturated rings. The van der Waals surface area contributed by atoms with E-state index in [1.165, 1.54) is 37.7 Å². The predicted octanol–water partition coefficient (Wildman–Crippen LogP) is 2.40. The highest BCUT2D eigenvalue weighted by atomic mass is 16.5. The van der Waals surface area contributed by atoms with Crippen LogP contribution in [0.4, 0.5) is 0 Å². The van der Waals surface area contributed by atoms with Gasteiger partial charge in [-0.1, -0.05) is 37.5 Å². The number of hydrazine groups is 1. The van der Waals surface area contributed by atoms with Gasteiger partial charge in [0.25, 0.3) is 0 Å². The van der Waals surface area contributed by atoms with Crippen molar-refractivity contribution in [3.8, 4) is 5.75 Å². The van der Waals surface area contributed by atoms with E-state index in [1.54, 1.807) is 0 Å². The molecule has 3 rings (SSSR count). The molecule has 3 heteroatoms. The van der Waals surface area contributed by atoms with E-state index in [2.05, 4.69) is 23.6 Å². The monoisotopic (exact) mass is 246 g/mol. The molecule has 0 spiro atoms. The van der Waals surface area contributed by atoms with Crippen LogP contribution in [-0.2, 0) is 6.42 Å². The molecule has 0 amide bonds. The van der Waals surface area contributed by atoms with Gasteiger partial charge in [0.2, 0.25) is 0 Å². The average Bonchev–Trinajstić information content (AvgIpc) is 2.84. The normalized spacial score (nSPS) is 25.5. The number of nitrogens with one attached hydrogen (secondary N) is 1. The van der Waals surface area contributed by atoms with Gasteiger partial charge in [0.05, 0.1) is 6.04 Å². The highest BCUT2D eigenvalue weighted by Crippen LogP contribution is 2.34. The van der Waals surface area contributed by atoms with Gasteiger partial charge in [0.15, 0.2) is 0 Å². The summed E-state index contributed by atoms with van der Waals surface area (Å²) in [6.45, 7) is 0. The van der Waals surface area contributed by atoms with Gasteiger partial charge in [-0.15, -0.1) is 0 Å². The first-order valence-electron chi connectivity index (χ1n) is 7.09. The van der Waals surface area contributed by atoms with Crippen molar-refractivity contribution in [3.05, 3.63) is 29.8 Å². The van der Waals surface area contributed by atoms with Crippen molar-refractivity contribution in [2.75, 3.05) is 0 Å². The summed E-state index contributed by atoms with van der Waals surface area (Å²) in [6.07, 6.45) is 7.80. The molecule has 1 aromatic rings. The van der Waals surface area contributed by atoms with E-state index in [0.29, 0.717) is 5.92 Å². The summed E-state index contributed by atoms with van der Waals surface area (Å²) < 4.78 is 6.07. The highest BCUT2D eigenvalue weighted by molar-refractivity contribution is 5.37. The zero-order valence-electron chi connectivity index (χ0n) is 10.8.